The van der Waals surface area contributed by atoms with Crippen LogP contribution >= 0.6 is 0 Å². The molecule has 1 saturated carbocycles. The van der Waals surface area contributed by atoms with Crippen LogP contribution in [0, 0.1) is 17.3 Å². The summed E-state index contributed by atoms with van der Waals surface area (Å²) in [6.45, 7) is 6.00. The molecule has 2 aliphatic heterocycles. The fourth-order valence-corrected chi connectivity index (χ4v) is 5.94. The average Bonchev–Trinajstić information content (AvgIpc) is 3.31. The molecule has 0 radical (unpaired) electrons. The second-order valence-electron chi connectivity index (χ2n) is 11.4. The first-order chi connectivity index (χ1) is 17.7. The standard InChI is InChI=1S/C30H37F3N2O2/c1-22-11-18-35(19-22)28(36)26-5-3-24(4-6-26)25-7-9-27(10-8-25)37-20-23-12-16-34(17-13-23)21-29(14-2-15-29)30(31,32)33/h3-10,22-23H,2,11-21H2,1H3/t22-/m0/s1. The summed E-state index contributed by atoms with van der Waals surface area (Å²) in [4.78, 5) is 16.6. The van der Waals surface area contributed by atoms with Gasteiger partial charge in [-0.1, -0.05) is 37.6 Å². The number of nitrogens with zero attached hydrogens (tertiary/aromatic N) is 2. The van der Waals surface area contributed by atoms with Gasteiger partial charge >= 0.3 is 6.18 Å². The molecule has 0 N–H and O–H groups in total. The second kappa shape index (κ2) is 10.7. The number of hydrogen-bond donors (Lipinski definition) is 0. The molecule has 200 valence electrons. The number of carbonyl (C=O) groups is 1. The molecule has 0 unspecified atom stereocenters. The van der Waals surface area contributed by atoms with Crippen molar-refractivity contribution < 1.29 is 22.7 Å². The SMILES string of the molecule is C[C@H]1CCN(C(=O)c2ccc(-c3ccc(OCC4CCN(CC5(C(F)(F)F)CCC5)CC4)cc3)cc2)C1. The smallest absolute Gasteiger partial charge is 0.395 e. The van der Waals surface area contributed by atoms with Crippen molar-refractivity contribution >= 4 is 5.91 Å². The number of likely N-dealkylation sites (tertiary alicyclic amines) is 2. The van der Waals surface area contributed by atoms with Crippen molar-refractivity contribution in [2.24, 2.45) is 17.3 Å². The van der Waals surface area contributed by atoms with E-state index in [0.29, 0.717) is 38.0 Å². The van der Waals surface area contributed by atoms with Crippen molar-refractivity contribution in [3.63, 3.8) is 0 Å². The van der Waals surface area contributed by atoms with Gasteiger partial charge in [0.25, 0.3) is 5.91 Å². The fourth-order valence-electron chi connectivity index (χ4n) is 5.94. The van der Waals surface area contributed by atoms with Gasteiger partial charge in [-0.15, -0.1) is 0 Å². The Hall–Kier alpha value is -2.54. The van der Waals surface area contributed by atoms with Gasteiger partial charge in [-0.25, -0.2) is 0 Å². The van der Waals surface area contributed by atoms with Crippen LogP contribution in [-0.4, -0.2) is 61.2 Å². The van der Waals surface area contributed by atoms with Gasteiger partial charge in [0.05, 0.1) is 12.0 Å². The predicted octanol–water partition coefficient (Wildman–Crippen LogP) is 6.66. The molecule has 4 nitrogen and oxygen atoms in total. The maximum Gasteiger partial charge on any atom is 0.395 e. The van der Waals surface area contributed by atoms with Crippen LogP contribution in [0.15, 0.2) is 48.5 Å². The minimum atomic E-state index is -4.09. The molecule has 5 rings (SSSR count). The molecule has 37 heavy (non-hydrogen) atoms. The number of ether oxygens (including phenoxy) is 1. The number of amides is 1. The summed E-state index contributed by atoms with van der Waals surface area (Å²) in [7, 11) is 0. The van der Waals surface area contributed by atoms with Gasteiger partial charge < -0.3 is 14.5 Å². The molecule has 0 spiro atoms. The number of carbonyl (C=O) groups excluding carboxylic acids is 1. The summed E-state index contributed by atoms with van der Waals surface area (Å²) in [6, 6.07) is 15.7. The van der Waals surface area contributed by atoms with Crippen LogP contribution < -0.4 is 4.74 Å². The van der Waals surface area contributed by atoms with E-state index in [2.05, 4.69) is 6.92 Å². The molecule has 2 saturated heterocycles. The van der Waals surface area contributed by atoms with Gasteiger partial charge in [-0.2, -0.15) is 13.2 Å². The lowest BCUT2D eigenvalue weighted by molar-refractivity contribution is -0.256. The normalized spacial score (nSPS) is 22.6. The Labute approximate surface area is 217 Å². The maximum atomic E-state index is 13.5. The molecule has 3 fully saturated rings. The summed E-state index contributed by atoms with van der Waals surface area (Å²) >= 11 is 0. The van der Waals surface area contributed by atoms with E-state index in [1.54, 1.807) is 0 Å². The molecule has 1 aliphatic carbocycles. The zero-order valence-corrected chi connectivity index (χ0v) is 21.6. The van der Waals surface area contributed by atoms with E-state index in [1.165, 1.54) is 0 Å². The Morgan fingerprint density at radius 2 is 1.57 bits per heavy atom. The summed E-state index contributed by atoms with van der Waals surface area (Å²) in [6.07, 6.45) is -0.0542. The van der Waals surface area contributed by atoms with Crippen molar-refractivity contribution in [2.45, 2.75) is 51.6 Å². The van der Waals surface area contributed by atoms with E-state index in [4.69, 9.17) is 4.74 Å². The highest BCUT2D eigenvalue weighted by Gasteiger charge is 2.58. The Morgan fingerprint density at radius 1 is 0.946 bits per heavy atom. The first kappa shape index (κ1) is 26.1. The summed E-state index contributed by atoms with van der Waals surface area (Å²) in [5.74, 6) is 1.84. The predicted molar refractivity (Wildman–Crippen MR) is 139 cm³/mol. The number of benzene rings is 2. The van der Waals surface area contributed by atoms with Crippen LogP contribution in [0.25, 0.3) is 11.1 Å². The molecule has 0 bridgehead atoms. The Morgan fingerprint density at radius 3 is 2.08 bits per heavy atom. The van der Waals surface area contributed by atoms with Crippen molar-refractivity contribution in [3.8, 4) is 16.9 Å². The van der Waals surface area contributed by atoms with Gasteiger partial charge in [0.1, 0.15) is 5.75 Å². The third kappa shape index (κ3) is 5.82. The Balaban J connectivity index is 1.08. The lowest BCUT2D eigenvalue weighted by atomic mass is 9.67. The van der Waals surface area contributed by atoms with Crippen LogP contribution in [0.4, 0.5) is 13.2 Å². The van der Waals surface area contributed by atoms with E-state index >= 15 is 0 Å². The van der Waals surface area contributed by atoms with Gasteiger partial charge in [-0.05, 0) is 92.4 Å². The summed E-state index contributed by atoms with van der Waals surface area (Å²) in [5.41, 5.74) is 1.36. The lowest BCUT2D eigenvalue weighted by Gasteiger charge is -2.47. The quantitative estimate of drug-likeness (QED) is 0.414. The second-order valence-corrected chi connectivity index (χ2v) is 11.4. The number of halogens is 3. The van der Waals surface area contributed by atoms with Crippen LogP contribution in [0.2, 0.25) is 0 Å². The number of piperidine rings is 1. The van der Waals surface area contributed by atoms with Crippen LogP contribution in [0.3, 0.4) is 0 Å². The van der Waals surface area contributed by atoms with Crippen molar-refractivity contribution in [1.29, 1.82) is 0 Å². The molecule has 1 amide bonds. The lowest BCUT2D eigenvalue weighted by Crippen LogP contribution is -2.53. The van der Waals surface area contributed by atoms with Crippen LogP contribution in [0.1, 0.15) is 55.8 Å². The third-order valence-corrected chi connectivity index (χ3v) is 8.66. The first-order valence-electron chi connectivity index (χ1n) is 13.6. The van der Waals surface area contributed by atoms with Gasteiger partial charge in [0.2, 0.25) is 0 Å². The molecule has 1 atom stereocenters. The maximum absolute atomic E-state index is 13.5. The third-order valence-electron chi connectivity index (χ3n) is 8.66. The topological polar surface area (TPSA) is 32.8 Å². The van der Waals surface area contributed by atoms with Gasteiger partial charge in [0, 0.05) is 25.2 Å². The molecule has 2 aromatic carbocycles. The number of alkyl halides is 3. The Kier molecular flexibility index (Phi) is 7.53. The van der Waals surface area contributed by atoms with E-state index in [-0.39, 0.29) is 25.3 Å². The minimum Gasteiger partial charge on any atom is -0.493 e. The Bertz CT molecular complexity index is 1060. The van der Waals surface area contributed by atoms with E-state index in [0.717, 1.165) is 54.8 Å². The molecule has 2 heterocycles. The highest BCUT2D eigenvalue weighted by Crippen LogP contribution is 2.53. The average molecular weight is 515 g/mol. The highest BCUT2D eigenvalue weighted by molar-refractivity contribution is 5.94. The number of rotatable bonds is 7. The monoisotopic (exact) mass is 514 g/mol. The summed E-state index contributed by atoms with van der Waals surface area (Å²) in [5, 5.41) is 0. The van der Waals surface area contributed by atoms with Gasteiger partial charge in [-0.3, -0.25) is 4.79 Å². The van der Waals surface area contributed by atoms with Crippen molar-refractivity contribution in [2.75, 3.05) is 39.3 Å². The molecule has 2 aromatic rings. The molecular weight excluding hydrogens is 477 g/mol. The van der Waals surface area contributed by atoms with E-state index in [1.807, 2.05) is 58.3 Å². The zero-order chi connectivity index (χ0) is 26.0. The van der Waals surface area contributed by atoms with E-state index in [9.17, 15) is 18.0 Å². The first-order valence-corrected chi connectivity index (χ1v) is 13.6. The fraction of sp³-hybridized carbons (Fsp3) is 0.567. The molecule has 7 heteroatoms. The van der Waals surface area contributed by atoms with Crippen molar-refractivity contribution in [1.82, 2.24) is 9.80 Å². The molecular formula is C30H37F3N2O2. The molecule has 3 aliphatic rings. The largest absolute Gasteiger partial charge is 0.493 e. The van der Waals surface area contributed by atoms with Gasteiger partial charge in [0.15, 0.2) is 0 Å². The minimum absolute atomic E-state index is 0.105. The zero-order valence-electron chi connectivity index (χ0n) is 21.6. The number of hydrogen-bond acceptors (Lipinski definition) is 3. The summed E-state index contributed by atoms with van der Waals surface area (Å²) < 4.78 is 46.5. The van der Waals surface area contributed by atoms with E-state index < -0.39 is 11.6 Å². The van der Waals surface area contributed by atoms with Crippen molar-refractivity contribution in [3.05, 3.63) is 54.1 Å². The highest BCUT2D eigenvalue weighted by atomic mass is 19.4. The molecule has 0 aromatic heterocycles. The van der Waals surface area contributed by atoms with Crippen LogP contribution in [-0.2, 0) is 0 Å². The van der Waals surface area contributed by atoms with Crippen LogP contribution in [0.5, 0.6) is 5.75 Å².